The van der Waals surface area contributed by atoms with E-state index in [2.05, 4.69) is 9.97 Å². The summed E-state index contributed by atoms with van der Waals surface area (Å²) in [6, 6.07) is 6.83. The zero-order valence-electron chi connectivity index (χ0n) is 14.2. The van der Waals surface area contributed by atoms with Gasteiger partial charge in [0.25, 0.3) is 17.4 Å². The average molecular weight is 357 g/mol. The number of fused-ring (bicyclic) bond motifs is 1. The summed E-state index contributed by atoms with van der Waals surface area (Å²) in [5, 5.41) is 0.524. The van der Waals surface area contributed by atoms with Gasteiger partial charge in [-0.25, -0.2) is 4.98 Å². The number of nitrogens with zero attached hydrogens (tertiary/aromatic N) is 2. The molecular weight excluding hydrogens is 338 g/mol. The Bertz CT molecular complexity index is 856. The molecule has 0 saturated heterocycles. The maximum atomic E-state index is 12.3. The SMILES string of the molecule is CCc1nc(SCCN2C(=O)c3ccccc3C2=O)[nH]c(=O)c1CC. The highest BCUT2D eigenvalue weighted by Gasteiger charge is 2.34. The minimum atomic E-state index is -0.266. The molecule has 1 aromatic heterocycles. The molecule has 0 radical (unpaired) electrons. The van der Waals surface area contributed by atoms with Crippen LogP contribution in [0.1, 0.15) is 45.8 Å². The molecule has 1 aliphatic rings. The molecule has 0 spiro atoms. The Morgan fingerprint density at radius 2 is 1.68 bits per heavy atom. The van der Waals surface area contributed by atoms with Crippen molar-refractivity contribution in [3.63, 3.8) is 0 Å². The lowest BCUT2D eigenvalue weighted by atomic mass is 10.1. The van der Waals surface area contributed by atoms with E-state index >= 15 is 0 Å². The number of carbonyl (C=O) groups is 2. The number of nitrogens with one attached hydrogen (secondary N) is 1. The Morgan fingerprint density at radius 1 is 1.04 bits per heavy atom. The Morgan fingerprint density at radius 3 is 2.24 bits per heavy atom. The third-order valence-electron chi connectivity index (χ3n) is 4.20. The second kappa shape index (κ2) is 7.23. The maximum absolute atomic E-state index is 12.3. The molecule has 3 rings (SSSR count). The number of amides is 2. The fourth-order valence-electron chi connectivity index (χ4n) is 2.92. The van der Waals surface area contributed by atoms with Crippen molar-refractivity contribution in [2.24, 2.45) is 0 Å². The van der Waals surface area contributed by atoms with Gasteiger partial charge in [-0.2, -0.15) is 0 Å². The Kier molecular flexibility index (Phi) is 5.03. The zero-order chi connectivity index (χ0) is 18.0. The van der Waals surface area contributed by atoms with Gasteiger partial charge in [0, 0.05) is 17.9 Å². The number of aromatic amines is 1. The van der Waals surface area contributed by atoms with Crippen LogP contribution >= 0.6 is 11.8 Å². The van der Waals surface area contributed by atoms with E-state index in [-0.39, 0.29) is 23.9 Å². The van der Waals surface area contributed by atoms with Crippen molar-refractivity contribution < 1.29 is 9.59 Å². The van der Waals surface area contributed by atoms with Crippen LogP contribution in [0.15, 0.2) is 34.2 Å². The molecule has 1 aromatic carbocycles. The molecule has 0 aliphatic carbocycles. The molecule has 2 heterocycles. The van der Waals surface area contributed by atoms with E-state index in [9.17, 15) is 14.4 Å². The Hall–Kier alpha value is -2.41. The molecule has 0 fully saturated rings. The summed E-state index contributed by atoms with van der Waals surface area (Å²) < 4.78 is 0. The van der Waals surface area contributed by atoms with E-state index < -0.39 is 0 Å². The molecule has 1 N–H and O–H groups in total. The van der Waals surface area contributed by atoms with Gasteiger partial charge in [0.1, 0.15) is 0 Å². The molecule has 0 bridgehead atoms. The number of aromatic nitrogens is 2. The first-order valence-corrected chi connectivity index (χ1v) is 9.25. The second-order valence-corrected chi connectivity index (χ2v) is 6.74. The third kappa shape index (κ3) is 3.24. The van der Waals surface area contributed by atoms with Crippen molar-refractivity contribution in [3.8, 4) is 0 Å². The van der Waals surface area contributed by atoms with Crippen molar-refractivity contribution in [1.29, 1.82) is 0 Å². The highest BCUT2D eigenvalue weighted by atomic mass is 32.2. The highest BCUT2D eigenvalue weighted by Crippen LogP contribution is 2.23. The quantitative estimate of drug-likeness (QED) is 0.487. The van der Waals surface area contributed by atoms with E-state index in [0.29, 0.717) is 40.4 Å². The predicted molar refractivity (Wildman–Crippen MR) is 96.1 cm³/mol. The number of benzene rings is 1. The Balaban J connectivity index is 1.68. The van der Waals surface area contributed by atoms with E-state index in [1.54, 1.807) is 24.3 Å². The van der Waals surface area contributed by atoms with Gasteiger partial charge in [0.05, 0.1) is 16.8 Å². The lowest BCUT2D eigenvalue weighted by Crippen LogP contribution is -2.32. The fraction of sp³-hybridized carbons (Fsp3) is 0.333. The minimum absolute atomic E-state index is 0.113. The van der Waals surface area contributed by atoms with Crippen LogP contribution in [0.25, 0.3) is 0 Å². The summed E-state index contributed by atoms with van der Waals surface area (Å²) in [6.07, 6.45) is 1.34. The summed E-state index contributed by atoms with van der Waals surface area (Å²) in [4.78, 5) is 45.2. The van der Waals surface area contributed by atoms with Gasteiger partial charge in [-0.1, -0.05) is 37.7 Å². The van der Waals surface area contributed by atoms with E-state index in [4.69, 9.17) is 0 Å². The van der Waals surface area contributed by atoms with Crippen LogP contribution in [0.5, 0.6) is 0 Å². The van der Waals surface area contributed by atoms with Crippen LogP contribution in [-0.4, -0.2) is 39.0 Å². The molecule has 25 heavy (non-hydrogen) atoms. The lowest BCUT2D eigenvalue weighted by Gasteiger charge is -2.13. The first-order valence-electron chi connectivity index (χ1n) is 8.26. The first kappa shape index (κ1) is 17.4. The topological polar surface area (TPSA) is 83.1 Å². The van der Waals surface area contributed by atoms with Gasteiger partial charge >= 0.3 is 0 Å². The number of H-pyrrole nitrogens is 1. The van der Waals surface area contributed by atoms with Gasteiger partial charge < -0.3 is 4.98 Å². The molecule has 0 unspecified atom stereocenters. The maximum Gasteiger partial charge on any atom is 0.261 e. The van der Waals surface area contributed by atoms with E-state index in [0.717, 1.165) is 5.69 Å². The first-order chi connectivity index (χ1) is 12.1. The van der Waals surface area contributed by atoms with Gasteiger partial charge in [-0.05, 0) is 25.0 Å². The van der Waals surface area contributed by atoms with E-state index in [1.165, 1.54) is 16.7 Å². The van der Waals surface area contributed by atoms with E-state index in [1.807, 2.05) is 13.8 Å². The van der Waals surface area contributed by atoms with Crippen LogP contribution in [0, 0.1) is 0 Å². The molecular formula is C18H19N3O3S. The van der Waals surface area contributed by atoms with Gasteiger partial charge in [0.15, 0.2) is 5.16 Å². The lowest BCUT2D eigenvalue weighted by molar-refractivity contribution is 0.0664. The number of carbonyl (C=O) groups excluding carboxylic acids is 2. The van der Waals surface area contributed by atoms with Crippen LogP contribution in [0.3, 0.4) is 0 Å². The fourth-order valence-corrected chi connectivity index (χ4v) is 3.73. The van der Waals surface area contributed by atoms with Crippen LogP contribution in [-0.2, 0) is 12.8 Å². The minimum Gasteiger partial charge on any atom is -0.301 e. The van der Waals surface area contributed by atoms with Crippen LogP contribution in [0.4, 0.5) is 0 Å². The standard InChI is InChI=1S/C18H19N3O3S/c1-3-11-14(4-2)19-18(20-15(11)22)25-10-9-21-16(23)12-7-5-6-8-13(12)17(21)24/h5-8H,3-4,9-10H2,1-2H3,(H,19,20,22). The molecule has 0 saturated carbocycles. The van der Waals surface area contributed by atoms with Crippen molar-refractivity contribution in [1.82, 2.24) is 14.9 Å². The summed E-state index contributed by atoms with van der Waals surface area (Å²) in [5.74, 6) is -0.0558. The van der Waals surface area contributed by atoms with Crippen molar-refractivity contribution >= 4 is 23.6 Å². The summed E-state index contributed by atoms with van der Waals surface area (Å²) in [7, 11) is 0. The number of aryl methyl sites for hydroxylation is 1. The molecule has 7 heteroatoms. The molecule has 2 aromatic rings. The van der Waals surface area contributed by atoms with Gasteiger partial charge in [-0.15, -0.1) is 0 Å². The van der Waals surface area contributed by atoms with Gasteiger partial charge in [0.2, 0.25) is 0 Å². The molecule has 1 aliphatic heterocycles. The number of imide groups is 1. The van der Waals surface area contributed by atoms with Crippen molar-refractivity contribution in [2.45, 2.75) is 31.8 Å². The van der Waals surface area contributed by atoms with Crippen LogP contribution in [0.2, 0.25) is 0 Å². The largest absolute Gasteiger partial charge is 0.301 e. The average Bonchev–Trinajstić information content (AvgIpc) is 2.86. The summed E-state index contributed by atoms with van der Waals surface area (Å²) >= 11 is 1.34. The predicted octanol–water partition coefficient (Wildman–Crippen LogP) is 2.28. The van der Waals surface area contributed by atoms with Gasteiger partial charge in [-0.3, -0.25) is 19.3 Å². The third-order valence-corrected chi connectivity index (χ3v) is 5.05. The van der Waals surface area contributed by atoms with Crippen LogP contribution < -0.4 is 5.56 Å². The monoisotopic (exact) mass is 357 g/mol. The molecule has 0 atom stereocenters. The number of hydrogen-bond acceptors (Lipinski definition) is 5. The molecule has 2 amide bonds. The second-order valence-electron chi connectivity index (χ2n) is 5.66. The highest BCUT2D eigenvalue weighted by molar-refractivity contribution is 7.99. The number of thioether (sulfide) groups is 1. The molecule has 6 nitrogen and oxygen atoms in total. The van der Waals surface area contributed by atoms with Crippen molar-refractivity contribution in [3.05, 3.63) is 57.0 Å². The Labute approximate surface area is 149 Å². The number of hydrogen-bond donors (Lipinski definition) is 1. The summed E-state index contributed by atoms with van der Waals surface area (Å²) in [5.41, 5.74) is 2.30. The molecule has 130 valence electrons. The van der Waals surface area contributed by atoms with Crippen molar-refractivity contribution in [2.75, 3.05) is 12.3 Å². The smallest absolute Gasteiger partial charge is 0.261 e. The zero-order valence-corrected chi connectivity index (χ0v) is 15.0. The summed E-state index contributed by atoms with van der Waals surface area (Å²) in [6.45, 7) is 4.17. The normalized spacial score (nSPS) is 13.4. The number of rotatable bonds is 6.